The van der Waals surface area contributed by atoms with Crippen molar-refractivity contribution in [2.24, 2.45) is 0 Å². The van der Waals surface area contributed by atoms with Crippen molar-refractivity contribution in [1.29, 1.82) is 0 Å². The molecule has 2 amide bonds. The Hall–Kier alpha value is -3.93. The molecular formula is C23H16N2O4. The number of aliphatic carboxylic acids is 1. The van der Waals surface area contributed by atoms with Gasteiger partial charge in [-0.2, -0.15) is 0 Å². The number of hydrogen-bond acceptors (Lipinski definition) is 3. The third kappa shape index (κ3) is 2.53. The largest absolute Gasteiger partial charge is 0.480 e. The number of para-hydroxylation sites is 1. The van der Waals surface area contributed by atoms with E-state index in [1.807, 2.05) is 36.4 Å². The molecule has 1 aliphatic heterocycles. The first-order chi connectivity index (χ1) is 14.1. The van der Waals surface area contributed by atoms with Crippen LogP contribution < -0.4 is 0 Å². The molecule has 0 unspecified atom stereocenters. The molecule has 1 atom stereocenters. The Morgan fingerprint density at radius 2 is 1.59 bits per heavy atom. The van der Waals surface area contributed by atoms with Crippen molar-refractivity contribution in [2.75, 3.05) is 0 Å². The van der Waals surface area contributed by atoms with Crippen LogP contribution in [0.4, 0.5) is 0 Å². The first-order valence-corrected chi connectivity index (χ1v) is 9.23. The number of fused-ring (bicyclic) bond motifs is 1. The van der Waals surface area contributed by atoms with Gasteiger partial charge in [0.2, 0.25) is 0 Å². The van der Waals surface area contributed by atoms with Crippen LogP contribution in [0.1, 0.15) is 26.3 Å². The minimum absolute atomic E-state index is 0.0228. The molecule has 0 fully saturated rings. The molecule has 0 saturated heterocycles. The number of aromatic nitrogens is 1. The van der Waals surface area contributed by atoms with Gasteiger partial charge >= 0.3 is 5.97 Å². The van der Waals surface area contributed by atoms with Gasteiger partial charge in [-0.25, -0.2) is 4.79 Å². The van der Waals surface area contributed by atoms with Crippen molar-refractivity contribution in [2.45, 2.75) is 12.5 Å². The first-order valence-electron chi connectivity index (χ1n) is 9.23. The topological polar surface area (TPSA) is 90.5 Å². The number of carbonyl (C=O) groups is 3. The molecule has 6 heteroatoms. The molecule has 0 radical (unpaired) electrons. The number of hydrogen-bond donors (Lipinski definition) is 2. The molecule has 1 aromatic heterocycles. The highest BCUT2D eigenvalue weighted by atomic mass is 16.4. The van der Waals surface area contributed by atoms with Crippen molar-refractivity contribution in [3.63, 3.8) is 0 Å². The molecule has 2 heterocycles. The maximum atomic E-state index is 13.2. The second-order valence-corrected chi connectivity index (χ2v) is 7.11. The Morgan fingerprint density at radius 3 is 2.24 bits per heavy atom. The molecular weight excluding hydrogens is 368 g/mol. The van der Waals surface area contributed by atoms with Crippen LogP contribution in [0.25, 0.3) is 21.7 Å². The van der Waals surface area contributed by atoms with Crippen molar-refractivity contribution in [3.05, 3.63) is 83.6 Å². The highest BCUT2D eigenvalue weighted by Crippen LogP contribution is 2.32. The number of rotatable bonds is 4. The normalized spacial score (nSPS) is 14.6. The number of benzene rings is 3. The van der Waals surface area contributed by atoms with E-state index in [-0.39, 0.29) is 6.42 Å². The van der Waals surface area contributed by atoms with Gasteiger partial charge in [0.25, 0.3) is 11.8 Å². The number of aromatic amines is 1. The second-order valence-electron chi connectivity index (χ2n) is 7.11. The Morgan fingerprint density at radius 1 is 0.931 bits per heavy atom. The monoisotopic (exact) mass is 384 g/mol. The van der Waals surface area contributed by atoms with Gasteiger partial charge < -0.3 is 10.1 Å². The van der Waals surface area contributed by atoms with Gasteiger partial charge in [0.15, 0.2) is 0 Å². The summed E-state index contributed by atoms with van der Waals surface area (Å²) < 4.78 is 0. The Bertz CT molecular complexity index is 1270. The summed E-state index contributed by atoms with van der Waals surface area (Å²) in [6.07, 6.45) is 1.75. The smallest absolute Gasteiger partial charge is 0.327 e. The van der Waals surface area contributed by atoms with Crippen molar-refractivity contribution >= 4 is 39.5 Å². The number of nitrogens with one attached hydrogen (secondary N) is 1. The predicted octanol–water partition coefficient (Wildman–Crippen LogP) is 3.61. The fourth-order valence-corrected chi connectivity index (χ4v) is 4.13. The zero-order valence-corrected chi connectivity index (χ0v) is 15.3. The van der Waals surface area contributed by atoms with Gasteiger partial charge in [0.1, 0.15) is 6.04 Å². The number of carboxylic acids is 1. The molecule has 0 aliphatic carbocycles. The van der Waals surface area contributed by atoms with Gasteiger partial charge in [0, 0.05) is 40.0 Å². The van der Waals surface area contributed by atoms with Gasteiger partial charge in [-0.05, 0) is 29.1 Å². The van der Waals surface area contributed by atoms with E-state index in [0.717, 1.165) is 26.8 Å². The second kappa shape index (κ2) is 6.31. The third-order valence-electron chi connectivity index (χ3n) is 5.49. The summed E-state index contributed by atoms with van der Waals surface area (Å²) in [4.78, 5) is 42.5. The summed E-state index contributed by atoms with van der Waals surface area (Å²) in [6, 6.07) is 16.6. The van der Waals surface area contributed by atoms with E-state index in [1.165, 1.54) is 0 Å². The average molecular weight is 384 g/mol. The van der Waals surface area contributed by atoms with Gasteiger partial charge in [-0.3, -0.25) is 14.5 Å². The minimum atomic E-state index is -1.31. The zero-order chi connectivity index (χ0) is 20.1. The molecule has 29 heavy (non-hydrogen) atoms. The molecule has 2 N–H and O–H groups in total. The molecule has 4 aromatic rings. The highest BCUT2D eigenvalue weighted by Gasteiger charge is 2.40. The molecule has 1 aliphatic rings. The van der Waals surface area contributed by atoms with E-state index in [1.54, 1.807) is 30.5 Å². The van der Waals surface area contributed by atoms with Crippen LogP contribution in [0.3, 0.4) is 0 Å². The summed E-state index contributed by atoms with van der Waals surface area (Å²) in [5.41, 5.74) is 2.31. The molecule has 6 nitrogen and oxygen atoms in total. The number of amides is 2. The molecule has 142 valence electrons. The van der Waals surface area contributed by atoms with Crippen LogP contribution in [0.5, 0.6) is 0 Å². The quantitative estimate of drug-likeness (QED) is 0.526. The number of carbonyl (C=O) groups excluding carboxylic acids is 2. The van der Waals surface area contributed by atoms with Crippen LogP contribution in [-0.4, -0.2) is 38.8 Å². The summed E-state index contributed by atoms with van der Waals surface area (Å²) >= 11 is 0. The van der Waals surface area contributed by atoms with Crippen molar-refractivity contribution < 1.29 is 19.5 Å². The minimum Gasteiger partial charge on any atom is -0.480 e. The third-order valence-corrected chi connectivity index (χ3v) is 5.49. The van der Waals surface area contributed by atoms with E-state index in [4.69, 9.17) is 0 Å². The Balaban J connectivity index is 1.62. The van der Waals surface area contributed by atoms with E-state index in [0.29, 0.717) is 16.5 Å². The van der Waals surface area contributed by atoms with Crippen LogP contribution >= 0.6 is 0 Å². The number of H-pyrrole nitrogens is 1. The zero-order valence-electron chi connectivity index (χ0n) is 15.3. The van der Waals surface area contributed by atoms with Crippen LogP contribution in [0.15, 0.2) is 66.9 Å². The Kier molecular flexibility index (Phi) is 3.74. The summed E-state index contributed by atoms with van der Waals surface area (Å²) in [5.74, 6) is -2.37. The predicted molar refractivity (Wildman–Crippen MR) is 108 cm³/mol. The molecule has 0 spiro atoms. The number of carboxylic acid groups (broad SMARTS) is 1. The highest BCUT2D eigenvalue weighted by molar-refractivity contribution is 6.26. The fourth-order valence-electron chi connectivity index (χ4n) is 4.13. The summed E-state index contributed by atoms with van der Waals surface area (Å²) in [7, 11) is 0. The van der Waals surface area contributed by atoms with Gasteiger partial charge in [-0.1, -0.05) is 42.5 Å². The first kappa shape index (κ1) is 17.2. The molecule has 0 bridgehead atoms. The number of nitrogens with zero attached hydrogens (tertiary/aromatic N) is 1. The maximum absolute atomic E-state index is 13.2. The lowest BCUT2D eigenvalue weighted by Crippen LogP contribution is -2.51. The molecule has 0 saturated carbocycles. The Labute approximate surface area is 165 Å². The van der Waals surface area contributed by atoms with E-state index in [9.17, 15) is 19.5 Å². The van der Waals surface area contributed by atoms with Crippen LogP contribution in [0, 0.1) is 0 Å². The summed E-state index contributed by atoms with van der Waals surface area (Å²) in [5, 5.41) is 12.2. The maximum Gasteiger partial charge on any atom is 0.327 e. The van der Waals surface area contributed by atoms with E-state index >= 15 is 0 Å². The molecule has 5 rings (SSSR count). The van der Waals surface area contributed by atoms with Crippen LogP contribution in [-0.2, 0) is 11.2 Å². The fraction of sp³-hybridized carbons (Fsp3) is 0.0870. The van der Waals surface area contributed by atoms with Gasteiger partial charge in [-0.15, -0.1) is 0 Å². The molecule has 3 aromatic carbocycles. The standard InChI is InChI=1S/C23H16N2O4/c26-21-16-8-3-5-13-6-4-9-17(20(13)16)22(27)25(21)19(23(28)29)11-14-12-24-18-10-2-1-7-15(14)18/h1-10,12,19,24H,11H2,(H,28,29)/t19-/m0/s1. The lowest BCUT2D eigenvalue weighted by Gasteiger charge is -2.31. The van der Waals surface area contributed by atoms with Crippen LogP contribution in [0.2, 0.25) is 0 Å². The van der Waals surface area contributed by atoms with Gasteiger partial charge in [0.05, 0.1) is 0 Å². The average Bonchev–Trinajstić information content (AvgIpc) is 3.14. The van der Waals surface area contributed by atoms with Crippen molar-refractivity contribution in [3.8, 4) is 0 Å². The SMILES string of the molecule is O=C(O)[C@H](Cc1c[nH]c2ccccc12)N1C(=O)c2cccc3cccc(c23)C1=O. The lowest BCUT2D eigenvalue weighted by atomic mass is 9.92. The number of imide groups is 1. The lowest BCUT2D eigenvalue weighted by molar-refractivity contribution is -0.141. The van der Waals surface area contributed by atoms with E-state index in [2.05, 4.69) is 4.98 Å². The summed E-state index contributed by atoms with van der Waals surface area (Å²) in [6.45, 7) is 0. The van der Waals surface area contributed by atoms with Crippen molar-refractivity contribution in [1.82, 2.24) is 9.88 Å². The van der Waals surface area contributed by atoms with E-state index < -0.39 is 23.8 Å².